The van der Waals surface area contributed by atoms with Crippen LogP contribution in [0.4, 0.5) is 17.3 Å². The molecule has 2 N–H and O–H groups in total. The SMILES string of the molecule is Cc1ccc(C)c(NC(=O)c2ccnc(Nc3ccc(Cl)cc3)n2)c1. The highest BCUT2D eigenvalue weighted by Crippen LogP contribution is 2.19. The van der Waals surface area contributed by atoms with Gasteiger partial charge in [0.2, 0.25) is 5.95 Å². The lowest BCUT2D eigenvalue weighted by Gasteiger charge is -2.10. The van der Waals surface area contributed by atoms with Crippen LogP contribution in [-0.4, -0.2) is 15.9 Å². The maximum Gasteiger partial charge on any atom is 0.274 e. The van der Waals surface area contributed by atoms with Crippen molar-refractivity contribution in [2.75, 3.05) is 10.6 Å². The van der Waals surface area contributed by atoms with Crippen molar-refractivity contribution in [2.45, 2.75) is 13.8 Å². The summed E-state index contributed by atoms with van der Waals surface area (Å²) in [6.45, 7) is 3.93. The largest absolute Gasteiger partial charge is 0.324 e. The summed E-state index contributed by atoms with van der Waals surface area (Å²) in [6, 6.07) is 14.6. The second kappa shape index (κ2) is 7.32. The van der Waals surface area contributed by atoms with Crippen LogP contribution in [0.25, 0.3) is 0 Å². The number of benzene rings is 2. The Morgan fingerprint density at radius 1 is 1.04 bits per heavy atom. The molecular formula is C19H17ClN4O. The molecule has 0 fully saturated rings. The number of hydrogen-bond acceptors (Lipinski definition) is 4. The van der Waals surface area contributed by atoms with E-state index in [9.17, 15) is 4.79 Å². The van der Waals surface area contributed by atoms with Gasteiger partial charge in [0.1, 0.15) is 5.69 Å². The molecule has 3 rings (SSSR count). The number of amides is 1. The van der Waals surface area contributed by atoms with E-state index in [2.05, 4.69) is 20.6 Å². The lowest BCUT2D eigenvalue weighted by Crippen LogP contribution is -2.15. The summed E-state index contributed by atoms with van der Waals surface area (Å²) < 4.78 is 0. The minimum atomic E-state index is -0.282. The maximum atomic E-state index is 12.5. The van der Waals surface area contributed by atoms with Crippen molar-refractivity contribution < 1.29 is 4.79 Å². The Labute approximate surface area is 151 Å². The molecule has 0 aliphatic heterocycles. The lowest BCUT2D eigenvalue weighted by molar-refractivity contribution is 0.102. The van der Waals surface area contributed by atoms with Gasteiger partial charge in [0, 0.05) is 22.6 Å². The van der Waals surface area contributed by atoms with Crippen molar-refractivity contribution in [1.29, 1.82) is 0 Å². The number of carbonyl (C=O) groups is 1. The first-order chi connectivity index (χ1) is 12.0. The molecule has 25 heavy (non-hydrogen) atoms. The number of anilines is 3. The van der Waals surface area contributed by atoms with Gasteiger partial charge >= 0.3 is 0 Å². The molecule has 0 aliphatic carbocycles. The first kappa shape index (κ1) is 16.9. The van der Waals surface area contributed by atoms with Gasteiger partial charge in [-0.05, 0) is 61.4 Å². The molecule has 0 radical (unpaired) electrons. The molecule has 0 saturated carbocycles. The third-order valence-corrected chi connectivity index (χ3v) is 3.88. The van der Waals surface area contributed by atoms with Crippen molar-refractivity contribution in [3.05, 3.63) is 76.6 Å². The minimum absolute atomic E-state index is 0.282. The highest BCUT2D eigenvalue weighted by Gasteiger charge is 2.11. The zero-order valence-corrected chi connectivity index (χ0v) is 14.6. The average Bonchev–Trinajstić information content (AvgIpc) is 2.60. The molecule has 3 aromatic rings. The Balaban J connectivity index is 1.77. The van der Waals surface area contributed by atoms with Crippen molar-refractivity contribution in [1.82, 2.24) is 9.97 Å². The third kappa shape index (κ3) is 4.33. The molecule has 1 aromatic heterocycles. The van der Waals surface area contributed by atoms with E-state index in [0.717, 1.165) is 22.5 Å². The molecule has 0 saturated heterocycles. The van der Waals surface area contributed by atoms with E-state index in [1.54, 1.807) is 24.4 Å². The summed E-state index contributed by atoms with van der Waals surface area (Å²) in [4.78, 5) is 20.9. The molecular weight excluding hydrogens is 336 g/mol. The van der Waals surface area contributed by atoms with E-state index in [0.29, 0.717) is 11.0 Å². The van der Waals surface area contributed by atoms with Crippen molar-refractivity contribution in [2.24, 2.45) is 0 Å². The number of halogens is 1. The number of nitrogens with zero attached hydrogens (tertiary/aromatic N) is 2. The smallest absolute Gasteiger partial charge is 0.274 e. The monoisotopic (exact) mass is 352 g/mol. The highest BCUT2D eigenvalue weighted by atomic mass is 35.5. The number of aromatic nitrogens is 2. The second-order valence-corrected chi connectivity index (χ2v) is 6.11. The van der Waals surface area contributed by atoms with Crippen LogP contribution in [0.15, 0.2) is 54.7 Å². The summed E-state index contributed by atoms with van der Waals surface area (Å²) in [5.41, 5.74) is 3.92. The Bertz CT molecular complexity index is 910. The van der Waals surface area contributed by atoms with E-state index >= 15 is 0 Å². The van der Waals surface area contributed by atoms with Crippen LogP contribution in [-0.2, 0) is 0 Å². The quantitative estimate of drug-likeness (QED) is 0.711. The Kier molecular flexibility index (Phi) is 4.95. The summed E-state index contributed by atoms with van der Waals surface area (Å²) in [7, 11) is 0. The molecule has 1 heterocycles. The molecule has 0 bridgehead atoms. The average molecular weight is 353 g/mol. The number of rotatable bonds is 4. The summed E-state index contributed by atoms with van der Waals surface area (Å²) >= 11 is 5.87. The molecule has 1 amide bonds. The van der Waals surface area contributed by atoms with Gasteiger partial charge < -0.3 is 10.6 Å². The van der Waals surface area contributed by atoms with Gasteiger partial charge in [-0.1, -0.05) is 23.7 Å². The maximum absolute atomic E-state index is 12.5. The number of aryl methyl sites for hydroxylation is 2. The lowest BCUT2D eigenvalue weighted by atomic mass is 10.1. The molecule has 126 valence electrons. The van der Waals surface area contributed by atoms with Crippen LogP contribution in [0.3, 0.4) is 0 Å². The van der Waals surface area contributed by atoms with Crippen LogP contribution in [0.1, 0.15) is 21.6 Å². The Morgan fingerprint density at radius 2 is 1.80 bits per heavy atom. The second-order valence-electron chi connectivity index (χ2n) is 5.67. The van der Waals surface area contributed by atoms with Crippen LogP contribution >= 0.6 is 11.6 Å². The number of carbonyl (C=O) groups excluding carboxylic acids is 1. The molecule has 6 heteroatoms. The molecule has 0 spiro atoms. The molecule has 0 atom stereocenters. The Hall–Kier alpha value is -2.92. The topological polar surface area (TPSA) is 66.9 Å². The Morgan fingerprint density at radius 3 is 2.56 bits per heavy atom. The fraction of sp³-hybridized carbons (Fsp3) is 0.105. The third-order valence-electron chi connectivity index (χ3n) is 3.63. The van der Waals surface area contributed by atoms with Gasteiger partial charge in [0.05, 0.1) is 0 Å². The van der Waals surface area contributed by atoms with Gasteiger partial charge in [0.15, 0.2) is 0 Å². The molecule has 0 aliphatic rings. The van der Waals surface area contributed by atoms with E-state index in [-0.39, 0.29) is 11.6 Å². The summed E-state index contributed by atoms with van der Waals surface area (Å²) in [5, 5.41) is 6.59. The molecule has 0 unspecified atom stereocenters. The van der Waals surface area contributed by atoms with Crippen LogP contribution in [0.5, 0.6) is 0 Å². The minimum Gasteiger partial charge on any atom is -0.324 e. The van der Waals surface area contributed by atoms with E-state index in [4.69, 9.17) is 11.6 Å². The standard InChI is InChI=1S/C19H17ClN4O/c1-12-3-4-13(2)17(11-12)23-18(25)16-9-10-21-19(24-16)22-15-7-5-14(20)6-8-15/h3-11H,1-2H3,(H,23,25)(H,21,22,24). The zero-order valence-electron chi connectivity index (χ0n) is 13.9. The first-order valence-electron chi connectivity index (χ1n) is 7.75. The molecule has 5 nitrogen and oxygen atoms in total. The summed E-state index contributed by atoms with van der Waals surface area (Å²) in [5.74, 6) is 0.0613. The van der Waals surface area contributed by atoms with Crippen LogP contribution in [0.2, 0.25) is 5.02 Å². The predicted octanol–water partition coefficient (Wildman–Crippen LogP) is 4.74. The predicted molar refractivity (Wildman–Crippen MR) is 101 cm³/mol. The summed E-state index contributed by atoms with van der Waals surface area (Å²) in [6.07, 6.45) is 1.54. The van der Waals surface area contributed by atoms with E-state index < -0.39 is 0 Å². The number of nitrogens with one attached hydrogen (secondary N) is 2. The molecule has 2 aromatic carbocycles. The van der Waals surface area contributed by atoms with Crippen molar-refractivity contribution in [3.63, 3.8) is 0 Å². The first-order valence-corrected chi connectivity index (χ1v) is 8.13. The van der Waals surface area contributed by atoms with Crippen molar-refractivity contribution in [3.8, 4) is 0 Å². The van der Waals surface area contributed by atoms with Crippen LogP contribution < -0.4 is 10.6 Å². The zero-order chi connectivity index (χ0) is 17.8. The van der Waals surface area contributed by atoms with E-state index in [1.807, 2.05) is 44.2 Å². The van der Waals surface area contributed by atoms with Crippen molar-refractivity contribution >= 4 is 34.8 Å². The van der Waals surface area contributed by atoms with Crippen LogP contribution in [0, 0.1) is 13.8 Å². The van der Waals surface area contributed by atoms with Gasteiger partial charge in [-0.25, -0.2) is 9.97 Å². The fourth-order valence-electron chi connectivity index (χ4n) is 2.26. The van der Waals surface area contributed by atoms with Gasteiger partial charge in [-0.3, -0.25) is 4.79 Å². The van der Waals surface area contributed by atoms with Gasteiger partial charge in [0.25, 0.3) is 5.91 Å². The van der Waals surface area contributed by atoms with E-state index in [1.165, 1.54) is 0 Å². The highest BCUT2D eigenvalue weighted by molar-refractivity contribution is 6.30. The van der Waals surface area contributed by atoms with Gasteiger partial charge in [-0.15, -0.1) is 0 Å². The fourth-order valence-corrected chi connectivity index (χ4v) is 2.39. The van der Waals surface area contributed by atoms with Gasteiger partial charge in [-0.2, -0.15) is 0 Å². The normalized spacial score (nSPS) is 10.4. The number of hydrogen-bond donors (Lipinski definition) is 2.